The molecular formula is C47H80O19. The first-order valence-electron chi connectivity index (χ1n) is 24.1. The smallest absolute Gasteiger partial charge is 0.187 e. The Labute approximate surface area is 387 Å². The minimum atomic E-state index is -1.80. The summed E-state index contributed by atoms with van der Waals surface area (Å²) < 4.78 is 36.9. The lowest BCUT2D eigenvalue weighted by Crippen LogP contribution is -2.66. The molecule has 0 radical (unpaired) electrons. The van der Waals surface area contributed by atoms with Crippen LogP contribution < -0.4 is 0 Å². The van der Waals surface area contributed by atoms with Crippen LogP contribution >= 0.6 is 0 Å². The normalized spacial score (nSPS) is 51.8. The van der Waals surface area contributed by atoms with Crippen LogP contribution in [0.1, 0.15) is 99.3 Å². The molecule has 0 spiro atoms. The second kappa shape index (κ2) is 19.9. The van der Waals surface area contributed by atoms with Crippen LogP contribution in [-0.4, -0.2) is 202 Å². The molecule has 0 amide bonds. The summed E-state index contributed by atoms with van der Waals surface area (Å²) in [5.74, 6) is -0.107. The predicted molar refractivity (Wildman–Crippen MR) is 230 cm³/mol. The van der Waals surface area contributed by atoms with Crippen LogP contribution in [0.25, 0.3) is 0 Å². The van der Waals surface area contributed by atoms with Gasteiger partial charge in [-0.3, -0.25) is 0 Å². The highest BCUT2D eigenvalue weighted by molar-refractivity contribution is 5.17. The second-order valence-electron chi connectivity index (χ2n) is 22.3. The van der Waals surface area contributed by atoms with Crippen molar-refractivity contribution in [1.29, 1.82) is 0 Å². The van der Waals surface area contributed by atoms with E-state index >= 15 is 0 Å². The van der Waals surface area contributed by atoms with E-state index in [9.17, 15) is 66.4 Å². The van der Waals surface area contributed by atoms with Gasteiger partial charge >= 0.3 is 0 Å². The molecule has 66 heavy (non-hydrogen) atoms. The number of fused-ring (bicyclic) bond motifs is 5. The molecule has 4 aliphatic carbocycles. The Balaban J connectivity index is 1.11. The van der Waals surface area contributed by atoms with Crippen molar-refractivity contribution in [3.05, 3.63) is 12.2 Å². The van der Waals surface area contributed by atoms with Crippen LogP contribution in [0.3, 0.4) is 0 Å². The zero-order valence-corrected chi connectivity index (χ0v) is 39.2. The summed E-state index contributed by atoms with van der Waals surface area (Å²) in [5.41, 5.74) is -1.65. The van der Waals surface area contributed by atoms with Crippen molar-refractivity contribution in [2.75, 3.05) is 19.8 Å². The molecule has 3 heterocycles. The number of rotatable bonds is 14. The molecule has 3 aliphatic heterocycles. The van der Waals surface area contributed by atoms with Crippen LogP contribution in [0.4, 0.5) is 0 Å². The molecule has 19 nitrogen and oxygen atoms in total. The Hall–Kier alpha value is -1.02. The van der Waals surface area contributed by atoms with E-state index < -0.39 is 141 Å². The molecule has 7 fully saturated rings. The fourth-order valence-corrected chi connectivity index (χ4v) is 14.4. The Morgan fingerprint density at radius 3 is 1.76 bits per heavy atom. The van der Waals surface area contributed by atoms with Crippen molar-refractivity contribution in [3.63, 3.8) is 0 Å². The zero-order valence-electron chi connectivity index (χ0n) is 39.2. The highest BCUT2D eigenvalue weighted by Gasteiger charge is 2.68. The first-order chi connectivity index (χ1) is 30.9. The summed E-state index contributed by atoms with van der Waals surface area (Å²) in [6, 6.07) is 0. The van der Waals surface area contributed by atoms with Gasteiger partial charge in [0, 0.05) is 0 Å². The molecule has 19 heteroatoms. The van der Waals surface area contributed by atoms with Gasteiger partial charge in [0.05, 0.1) is 43.7 Å². The maximum Gasteiger partial charge on any atom is 0.187 e. The lowest BCUT2D eigenvalue weighted by atomic mass is 9.39. The molecule has 0 aromatic heterocycles. The van der Waals surface area contributed by atoms with Gasteiger partial charge in [-0.2, -0.15) is 0 Å². The van der Waals surface area contributed by atoms with Crippen LogP contribution in [0.2, 0.25) is 0 Å². The van der Waals surface area contributed by atoms with E-state index in [-0.39, 0.29) is 46.8 Å². The molecule has 13 N–H and O–H groups in total. The van der Waals surface area contributed by atoms with Gasteiger partial charge in [0.15, 0.2) is 18.9 Å². The summed E-state index contributed by atoms with van der Waals surface area (Å²) in [5, 5.41) is 139. The number of aliphatic hydroxyl groups is 13. The number of hydrogen-bond acceptors (Lipinski definition) is 19. The van der Waals surface area contributed by atoms with Crippen molar-refractivity contribution in [2.24, 2.45) is 45.8 Å². The lowest BCUT2D eigenvalue weighted by molar-refractivity contribution is -0.378. The molecule has 0 aromatic rings. The van der Waals surface area contributed by atoms with Crippen molar-refractivity contribution in [1.82, 2.24) is 0 Å². The topological polar surface area (TPSA) is 318 Å². The molecular weight excluding hydrogens is 868 g/mol. The van der Waals surface area contributed by atoms with Crippen molar-refractivity contribution in [3.8, 4) is 0 Å². The SMILES string of the molecule is C=C(C)C(O)CC[C@](C)(O[C@@H]1O[C@H](CO)[C@@H](O)[C@H](O)[C@H]1O)[C@H]1CC[C@]2(C)C3CCC4C(C)(C)C(O[C@@H]5O[C@H](CO)[C@@H](O)[C@H](O)[C@H]5O[C@@H]5O[C@H](CO)[C@@H](O)[C@H](O)[C@H]5O)CC[C@]4(C)C3C[C@H](O)[C@@H]12. The van der Waals surface area contributed by atoms with E-state index in [1.165, 1.54) is 0 Å². The molecule has 7 rings (SSSR count). The largest absolute Gasteiger partial charge is 0.394 e. The van der Waals surface area contributed by atoms with Crippen molar-refractivity contribution < 1.29 is 94.8 Å². The molecule has 0 bridgehead atoms. The molecule has 382 valence electrons. The summed E-state index contributed by atoms with van der Waals surface area (Å²) >= 11 is 0. The minimum absolute atomic E-state index is 0.0792. The van der Waals surface area contributed by atoms with E-state index in [1.54, 1.807) is 6.92 Å². The third-order valence-electron chi connectivity index (χ3n) is 18.3. The third kappa shape index (κ3) is 9.11. The Morgan fingerprint density at radius 2 is 1.18 bits per heavy atom. The summed E-state index contributed by atoms with van der Waals surface area (Å²) in [4.78, 5) is 0. The number of ether oxygens (including phenoxy) is 6. The number of aliphatic hydroxyl groups excluding tert-OH is 13. The summed E-state index contributed by atoms with van der Waals surface area (Å²) in [7, 11) is 0. The van der Waals surface area contributed by atoms with Gasteiger partial charge in [-0.1, -0.05) is 39.8 Å². The fraction of sp³-hybridized carbons (Fsp3) is 0.957. The van der Waals surface area contributed by atoms with E-state index in [1.807, 2.05) is 6.92 Å². The third-order valence-corrected chi connectivity index (χ3v) is 18.3. The van der Waals surface area contributed by atoms with Gasteiger partial charge in [-0.05, 0) is 117 Å². The van der Waals surface area contributed by atoms with E-state index in [4.69, 9.17) is 28.4 Å². The fourth-order valence-electron chi connectivity index (χ4n) is 14.4. The van der Waals surface area contributed by atoms with Gasteiger partial charge < -0.3 is 94.8 Å². The van der Waals surface area contributed by atoms with Crippen LogP contribution in [-0.2, 0) is 28.4 Å². The molecule has 7 aliphatic rings. The number of hydrogen-bond donors (Lipinski definition) is 13. The van der Waals surface area contributed by atoms with Gasteiger partial charge in [-0.25, -0.2) is 0 Å². The molecule has 26 atom stereocenters. The van der Waals surface area contributed by atoms with E-state index in [2.05, 4.69) is 34.3 Å². The molecule has 5 unspecified atom stereocenters. The van der Waals surface area contributed by atoms with Crippen LogP contribution in [0.5, 0.6) is 0 Å². The Kier molecular flexibility index (Phi) is 15.9. The maximum absolute atomic E-state index is 12.5. The first kappa shape index (κ1) is 52.8. The van der Waals surface area contributed by atoms with Crippen molar-refractivity contribution >= 4 is 0 Å². The Bertz CT molecular complexity index is 1650. The summed E-state index contributed by atoms with van der Waals surface area (Å²) in [6.45, 7) is 14.4. The minimum Gasteiger partial charge on any atom is -0.394 e. The lowest BCUT2D eigenvalue weighted by Gasteiger charge is -2.66. The van der Waals surface area contributed by atoms with E-state index in [0.29, 0.717) is 37.7 Å². The van der Waals surface area contributed by atoms with Gasteiger partial charge in [0.1, 0.15) is 73.2 Å². The van der Waals surface area contributed by atoms with Gasteiger partial charge in [0.2, 0.25) is 0 Å². The van der Waals surface area contributed by atoms with Gasteiger partial charge in [0.25, 0.3) is 0 Å². The highest BCUT2D eigenvalue weighted by Crippen LogP contribution is 2.71. The predicted octanol–water partition coefficient (Wildman–Crippen LogP) is -1.45. The van der Waals surface area contributed by atoms with Crippen molar-refractivity contribution in [2.45, 2.75) is 215 Å². The van der Waals surface area contributed by atoms with E-state index in [0.717, 1.165) is 19.3 Å². The quantitative estimate of drug-likeness (QED) is 0.0700. The van der Waals surface area contributed by atoms with Crippen LogP contribution in [0, 0.1) is 45.8 Å². The van der Waals surface area contributed by atoms with Gasteiger partial charge in [-0.15, -0.1) is 0 Å². The molecule has 3 saturated heterocycles. The highest BCUT2D eigenvalue weighted by atomic mass is 16.8. The zero-order chi connectivity index (χ0) is 48.6. The average molecular weight is 949 g/mol. The molecule has 0 aromatic carbocycles. The van der Waals surface area contributed by atoms with Crippen LogP contribution in [0.15, 0.2) is 12.2 Å². The molecule has 4 saturated carbocycles. The standard InChI is InChI=1S/C47H80O19/c1-20(2)24(51)11-15-47(7,66-42-39(60)36(57)33(54)27(18-49)62-42)22-10-13-46(6)21-8-9-29-44(3,4)30(12-14-45(29,5)23(21)16-25(52)31(22)46)64-43-40(37(58)34(55)28(19-50)63-43)65-41-38(59)35(56)32(53)26(17-48)61-41/h21-43,48-60H,1,8-19H2,2-7H3/t21?,22-,23?,24?,25-,26+,27+,28+,29?,30?,31+,32+,33+,34+,35-,36-,37-,38+,39+,40+,41-,42-,43-,45+,46+,47-/m0/s1. The monoisotopic (exact) mass is 949 g/mol. The Morgan fingerprint density at radius 1 is 0.652 bits per heavy atom. The maximum atomic E-state index is 12.5. The summed E-state index contributed by atoms with van der Waals surface area (Å²) in [6.07, 6.45) is -19.7. The second-order valence-corrected chi connectivity index (χ2v) is 22.3. The average Bonchev–Trinajstić information content (AvgIpc) is 3.66. The first-order valence-corrected chi connectivity index (χ1v) is 24.1.